The predicted octanol–water partition coefficient (Wildman–Crippen LogP) is 10.4. The fourth-order valence-corrected chi connectivity index (χ4v) is 7.73. The van der Waals surface area contributed by atoms with Gasteiger partial charge in [-0.05, 0) is 69.8 Å². The molecule has 50 heavy (non-hydrogen) atoms. The first-order valence-electron chi connectivity index (χ1n) is 16.7. The Morgan fingerprint density at radius 2 is 0.900 bits per heavy atom. The lowest BCUT2D eigenvalue weighted by Gasteiger charge is -2.39. The molecule has 1 aliphatic carbocycles. The minimum atomic E-state index is -0.579. The summed E-state index contributed by atoms with van der Waals surface area (Å²) in [6.07, 6.45) is 3.62. The minimum absolute atomic E-state index is 0.579. The molecule has 3 heterocycles. The SMILES string of the molecule is c1ccc(-c2nc(-c3cccc(-c4ccncc4)c3)nc(-c3ccc4c(c3)C3(c5ccccc5Oc5ccccc53)c3ccccc3-4)n2)cc1. The molecule has 0 unspecified atom stereocenters. The van der Waals surface area contributed by atoms with Crippen molar-refractivity contribution in [3.8, 4) is 67.9 Å². The molecule has 2 aromatic heterocycles. The Balaban J connectivity index is 1.21. The van der Waals surface area contributed by atoms with Crippen LogP contribution in [0.1, 0.15) is 22.3 Å². The number of rotatable bonds is 4. The largest absolute Gasteiger partial charge is 0.457 e. The third-order valence-electron chi connectivity index (χ3n) is 9.91. The molecule has 234 valence electrons. The molecule has 8 aromatic rings. The standard InChI is InChI=1S/C45H28N4O/c1-2-11-30(12-3-1)42-47-43(32-14-10-13-31(27-32)29-23-25-46-26-24-29)49-44(48-42)33-21-22-35-34-15-4-5-16-36(34)45(39(35)28-33)37-17-6-8-19-40(37)50-41-20-9-7-18-38(41)45/h1-28H. The molecule has 0 N–H and O–H groups in total. The van der Waals surface area contributed by atoms with Crippen LogP contribution < -0.4 is 4.74 Å². The van der Waals surface area contributed by atoms with Crippen LogP contribution in [0.15, 0.2) is 170 Å². The van der Waals surface area contributed by atoms with Crippen LogP contribution in [0, 0.1) is 0 Å². The van der Waals surface area contributed by atoms with Crippen LogP contribution in [0.3, 0.4) is 0 Å². The first-order valence-corrected chi connectivity index (χ1v) is 16.7. The van der Waals surface area contributed by atoms with Crippen molar-refractivity contribution < 1.29 is 4.74 Å². The van der Waals surface area contributed by atoms with Crippen molar-refractivity contribution in [1.29, 1.82) is 0 Å². The smallest absolute Gasteiger partial charge is 0.164 e. The Hall–Kier alpha value is -6.72. The molecule has 1 aliphatic heterocycles. The highest BCUT2D eigenvalue weighted by molar-refractivity contribution is 5.90. The van der Waals surface area contributed by atoms with Gasteiger partial charge >= 0.3 is 0 Å². The van der Waals surface area contributed by atoms with E-state index in [0.717, 1.165) is 50.4 Å². The second-order valence-electron chi connectivity index (χ2n) is 12.6. The molecule has 10 rings (SSSR count). The number of pyridine rings is 1. The lowest BCUT2D eigenvalue weighted by Crippen LogP contribution is -2.32. The van der Waals surface area contributed by atoms with Gasteiger partial charge in [-0.25, -0.2) is 15.0 Å². The molecule has 0 amide bonds. The summed E-state index contributed by atoms with van der Waals surface area (Å²) >= 11 is 0. The third-order valence-corrected chi connectivity index (χ3v) is 9.91. The summed E-state index contributed by atoms with van der Waals surface area (Å²) in [4.78, 5) is 19.5. The van der Waals surface area contributed by atoms with Gasteiger partial charge in [0.15, 0.2) is 17.5 Å². The van der Waals surface area contributed by atoms with E-state index in [1.807, 2.05) is 73.1 Å². The second kappa shape index (κ2) is 11.2. The zero-order valence-electron chi connectivity index (χ0n) is 26.9. The Labute approximate surface area is 289 Å². The van der Waals surface area contributed by atoms with Crippen LogP contribution in [0.25, 0.3) is 56.4 Å². The van der Waals surface area contributed by atoms with Crippen molar-refractivity contribution in [2.45, 2.75) is 5.41 Å². The highest BCUT2D eigenvalue weighted by Crippen LogP contribution is 2.62. The summed E-state index contributed by atoms with van der Waals surface area (Å²) in [6, 6.07) is 54.7. The van der Waals surface area contributed by atoms with E-state index in [9.17, 15) is 0 Å². The van der Waals surface area contributed by atoms with Gasteiger partial charge < -0.3 is 4.74 Å². The van der Waals surface area contributed by atoms with Crippen molar-refractivity contribution >= 4 is 0 Å². The second-order valence-corrected chi connectivity index (χ2v) is 12.6. The Morgan fingerprint density at radius 1 is 0.360 bits per heavy atom. The van der Waals surface area contributed by atoms with Gasteiger partial charge in [0.1, 0.15) is 11.5 Å². The Morgan fingerprint density at radius 3 is 1.62 bits per heavy atom. The molecular weight excluding hydrogens is 613 g/mol. The molecule has 0 radical (unpaired) electrons. The van der Waals surface area contributed by atoms with Gasteiger partial charge in [-0.3, -0.25) is 4.98 Å². The first kappa shape index (κ1) is 28.3. The Bertz CT molecular complexity index is 2540. The molecule has 5 nitrogen and oxygen atoms in total. The van der Waals surface area contributed by atoms with E-state index in [1.54, 1.807) is 0 Å². The van der Waals surface area contributed by atoms with Gasteiger partial charge in [0, 0.05) is 40.2 Å². The van der Waals surface area contributed by atoms with Gasteiger partial charge in [-0.2, -0.15) is 0 Å². The zero-order chi connectivity index (χ0) is 33.1. The van der Waals surface area contributed by atoms with Crippen LogP contribution >= 0.6 is 0 Å². The number of hydrogen-bond donors (Lipinski definition) is 0. The number of fused-ring (bicyclic) bond motifs is 9. The van der Waals surface area contributed by atoms with Crippen LogP contribution in [0.5, 0.6) is 11.5 Å². The number of hydrogen-bond acceptors (Lipinski definition) is 5. The van der Waals surface area contributed by atoms with E-state index in [2.05, 4.69) is 102 Å². The fourth-order valence-electron chi connectivity index (χ4n) is 7.73. The topological polar surface area (TPSA) is 60.8 Å². The van der Waals surface area contributed by atoms with Crippen LogP contribution in [0.4, 0.5) is 0 Å². The highest BCUT2D eigenvalue weighted by Gasteiger charge is 2.51. The van der Waals surface area contributed by atoms with Gasteiger partial charge in [-0.1, -0.05) is 121 Å². The quantitative estimate of drug-likeness (QED) is 0.192. The summed E-state index contributed by atoms with van der Waals surface area (Å²) in [6.45, 7) is 0. The average molecular weight is 641 g/mol. The van der Waals surface area contributed by atoms with E-state index < -0.39 is 5.41 Å². The van der Waals surface area contributed by atoms with Crippen molar-refractivity contribution in [3.05, 3.63) is 192 Å². The molecule has 5 heteroatoms. The van der Waals surface area contributed by atoms with Gasteiger partial charge in [0.2, 0.25) is 0 Å². The number of aromatic nitrogens is 4. The molecule has 0 saturated heterocycles. The maximum absolute atomic E-state index is 6.54. The maximum Gasteiger partial charge on any atom is 0.164 e. The summed E-state index contributed by atoms with van der Waals surface area (Å²) in [5, 5.41) is 0. The molecule has 0 bridgehead atoms. The summed E-state index contributed by atoms with van der Waals surface area (Å²) in [5.74, 6) is 3.58. The number of para-hydroxylation sites is 2. The maximum atomic E-state index is 6.54. The van der Waals surface area contributed by atoms with E-state index in [-0.39, 0.29) is 0 Å². The molecule has 2 aliphatic rings. The van der Waals surface area contributed by atoms with Crippen molar-refractivity contribution in [1.82, 2.24) is 19.9 Å². The van der Waals surface area contributed by atoms with Gasteiger partial charge in [0.25, 0.3) is 0 Å². The van der Waals surface area contributed by atoms with Gasteiger partial charge in [-0.15, -0.1) is 0 Å². The molecule has 6 aromatic carbocycles. The van der Waals surface area contributed by atoms with Gasteiger partial charge in [0.05, 0.1) is 5.41 Å². The lowest BCUT2D eigenvalue weighted by molar-refractivity contribution is 0.436. The lowest BCUT2D eigenvalue weighted by atomic mass is 9.66. The Kier molecular flexibility index (Phi) is 6.33. The number of benzene rings is 6. The van der Waals surface area contributed by atoms with Crippen LogP contribution in [0.2, 0.25) is 0 Å². The van der Waals surface area contributed by atoms with Crippen molar-refractivity contribution in [2.24, 2.45) is 0 Å². The highest BCUT2D eigenvalue weighted by atomic mass is 16.5. The first-order chi connectivity index (χ1) is 24.8. The van der Waals surface area contributed by atoms with Crippen molar-refractivity contribution in [2.75, 3.05) is 0 Å². The minimum Gasteiger partial charge on any atom is -0.457 e. The average Bonchev–Trinajstić information content (AvgIpc) is 3.48. The summed E-state index contributed by atoms with van der Waals surface area (Å²) in [5.41, 5.74) is 11.4. The molecule has 0 atom stereocenters. The predicted molar refractivity (Wildman–Crippen MR) is 197 cm³/mol. The molecule has 0 fully saturated rings. The normalized spacial score (nSPS) is 13.1. The fraction of sp³-hybridized carbons (Fsp3) is 0.0222. The third kappa shape index (κ3) is 4.27. The molecular formula is C45H28N4O. The van der Waals surface area contributed by atoms with E-state index in [1.165, 1.54) is 22.3 Å². The summed E-state index contributed by atoms with van der Waals surface area (Å²) in [7, 11) is 0. The summed E-state index contributed by atoms with van der Waals surface area (Å²) < 4.78 is 6.54. The van der Waals surface area contributed by atoms with E-state index >= 15 is 0 Å². The van der Waals surface area contributed by atoms with E-state index in [0.29, 0.717) is 17.5 Å². The van der Waals surface area contributed by atoms with Crippen LogP contribution in [-0.4, -0.2) is 19.9 Å². The zero-order valence-corrected chi connectivity index (χ0v) is 26.9. The van der Waals surface area contributed by atoms with Crippen LogP contribution in [-0.2, 0) is 5.41 Å². The molecule has 1 spiro atoms. The van der Waals surface area contributed by atoms with Crippen molar-refractivity contribution in [3.63, 3.8) is 0 Å². The number of ether oxygens (including phenoxy) is 1. The monoisotopic (exact) mass is 640 g/mol. The molecule has 0 saturated carbocycles. The van der Waals surface area contributed by atoms with E-state index in [4.69, 9.17) is 19.7 Å². The number of nitrogens with zero attached hydrogens (tertiary/aromatic N) is 4.